The first-order valence-corrected chi connectivity index (χ1v) is 7.37. The Balaban J connectivity index is 2.05. The smallest absolute Gasteiger partial charge is 0.310 e. The van der Waals surface area contributed by atoms with Gasteiger partial charge in [-0.25, -0.2) is 0 Å². The largest absolute Gasteiger partial charge is 0.459 e. The number of fused-ring (bicyclic) bond motifs is 2. The van der Waals surface area contributed by atoms with E-state index in [1.807, 2.05) is 26.0 Å². The highest BCUT2D eigenvalue weighted by molar-refractivity contribution is 5.96. The number of carbonyl (C=O) groups is 2. The third kappa shape index (κ3) is 2.35. The zero-order valence-corrected chi connectivity index (χ0v) is 12.3. The average molecular weight is 264 g/mol. The van der Waals surface area contributed by atoms with Crippen molar-refractivity contribution in [2.24, 2.45) is 23.7 Å². The fraction of sp³-hybridized carbons (Fsp3) is 0.750. The second-order valence-electron chi connectivity index (χ2n) is 6.16. The summed E-state index contributed by atoms with van der Waals surface area (Å²) >= 11 is 0. The van der Waals surface area contributed by atoms with E-state index in [9.17, 15) is 9.59 Å². The first-order valence-electron chi connectivity index (χ1n) is 7.37. The number of esters is 1. The maximum Gasteiger partial charge on any atom is 0.310 e. The minimum atomic E-state index is -0.416. The lowest BCUT2D eigenvalue weighted by Crippen LogP contribution is -2.40. The molecule has 2 bridgehead atoms. The molecule has 5 atom stereocenters. The molecule has 1 fully saturated rings. The van der Waals surface area contributed by atoms with Gasteiger partial charge in [0.05, 0.1) is 5.92 Å². The number of hydrogen-bond donors (Lipinski definition) is 0. The van der Waals surface area contributed by atoms with Crippen LogP contribution in [0, 0.1) is 23.7 Å². The summed E-state index contributed by atoms with van der Waals surface area (Å²) in [7, 11) is 0. The molecule has 19 heavy (non-hydrogen) atoms. The molecule has 0 spiro atoms. The van der Waals surface area contributed by atoms with Crippen LogP contribution in [0.3, 0.4) is 0 Å². The summed E-state index contributed by atoms with van der Waals surface area (Å²) in [6.07, 6.45) is 6.24. The summed E-state index contributed by atoms with van der Waals surface area (Å²) in [6.45, 7) is 8.27. The Kier molecular flexibility index (Phi) is 3.84. The highest BCUT2D eigenvalue weighted by atomic mass is 16.6. The molecule has 106 valence electrons. The molecule has 3 nitrogen and oxygen atoms in total. The van der Waals surface area contributed by atoms with Crippen molar-refractivity contribution in [1.82, 2.24) is 0 Å². The molecular weight excluding hydrogens is 240 g/mol. The molecule has 0 saturated heterocycles. The lowest BCUT2D eigenvalue weighted by molar-refractivity contribution is -0.170. The summed E-state index contributed by atoms with van der Waals surface area (Å²) < 4.78 is 5.80. The van der Waals surface area contributed by atoms with Crippen LogP contribution in [0.15, 0.2) is 12.2 Å². The number of Topliss-reactive ketones (excluding diaryl/α,β-unsaturated/α-hetero) is 1. The highest BCUT2D eigenvalue weighted by Gasteiger charge is 2.49. The van der Waals surface area contributed by atoms with E-state index in [2.05, 4.69) is 13.8 Å². The first-order chi connectivity index (χ1) is 8.92. The molecule has 0 N–H and O–H groups in total. The summed E-state index contributed by atoms with van der Waals surface area (Å²) in [5.74, 6) is -0.183. The van der Waals surface area contributed by atoms with Gasteiger partial charge in [-0.2, -0.15) is 0 Å². The van der Waals surface area contributed by atoms with Crippen LogP contribution in [0.1, 0.15) is 47.0 Å². The Morgan fingerprint density at radius 2 is 2.16 bits per heavy atom. The maximum atomic E-state index is 12.4. The molecule has 2 rings (SSSR count). The van der Waals surface area contributed by atoms with Crippen LogP contribution in [-0.2, 0) is 14.3 Å². The number of ketones is 1. The van der Waals surface area contributed by atoms with Crippen molar-refractivity contribution >= 4 is 11.8 Å². The third-order valence-electron chi connectivity index (χ3n) is 5.18. The van der Waals surface area contributed by atoms with E-state index >= 15 is 0 Å². The first kappa shape index (κ1) is 14.3. The van der Waals surface area contributed by atoms with Crippen molar-refractivity contribution in [3.05, 3.63) is 12.2 Å². The molecule has 0 aliphatic heterocycles. The van der Waals surface area contributed by atoms with E-state index in [1.54, 1.807) is 0 Å². The van der Waals surface area contributed by atoms with Crippen LogP contribution in [-0.4, -0.2) is 17.4 Å². The van der Waals surface area contributed by atoms with Gasteiger partial charge >= 0.3 is 5.97 Å². The van der Waals surface area contributed by atoms with Gasteiger partial charge in [0.1, 0.15) is 11.4 Å². The third-order valence-corrected chi connectivity index (χ3v) is 5.18. The molecule has 0 radical (unpaired) electrons. The van der Waals surface area contributed by atoms with Crippen LogP contribution in [0.5, 0.6) is 0 Å². The zero-order chi connectivity index (χ0) is 14.2. The Hall–Kier alpha value is -1.12. The van der Waals surface area contributed by atoms with E-state index in [0.717, 1.165) is 12.8 Å². The molecule has 5 unspecified atom stereocenters. The fourth-order valence-electron chi connectivity index (χ4n) is 3.14. The van der Waals surface area contributed by atoms with Crippen LogP contribution < -0.4 is 0 Å². The van der Waals surface area contributed by atoms with Gasteiger partial charge in [0, 0.05) is 11.8 Å². The molecule has 2 aliphatic rings. The SMILES string of the molecule is CCC(C)C(C)(CC)OC(=O)C1CC2C=CC1C2=O. The summed E-state index contributed by atoms with van der Waals surface area (Å²) in [4.78, 5) is 24.2. The van der Waals surface area contributed by atoms with Crippen molar-refractivity contribution < 1.29 is 14.3 Å². The molecule has 0 aromatic rings. The molecule has 1 saturated carbocycles. The van der Waals surface area contributed by atoms with Crippen molar-refractivity contribution in [2.45, 2.75) is 52.6 Å². The quantitative estimate of drug-likeness (QED) is 0.566. The van der Waals surface area contributed by atoms with Crippen LogP contribution >= 0.6 is 0 Å². The second kappa shape index (κ2) is 5.10. The van der Waals surface area contributed by atoms with E-state index in [0.29, 0.717) is 12.3 Å². The minimum absolute atomic E-state index is 0.0426. The van der Waals surface area contributed by atoms with Crippen LogP contribution in [0.2, 0.25) is 0 Å². The van der Waals surface area contributed by atoms with Crippen molar-refractivity contribution in [3.63, 3.8) is 0 Å². The minimum Gasteiger partial charge on any atom is -0.459 e. The van der Waals surface area contributed by atoms with Crippen molar-refractivity contribution in [1.29, 1.82) is 0 Å². The highest BCUT2D eigenvalue weighted by Crippen LogP contribution is 2.42. The zero-order valence-electron chi connectivity index (χ0n) is 12.3. The van der Waals surface area contributed by atoms with E-state index in [4.69, 9.17) is 4.74 Å². The fourth-order valence-corrected chi connectivity index (χ4v) is 3.14. The second-order valence-corrected chi connectivity index (χ2v) is 6.16. The van der Waals surface area contributed by atoms with E-state index < -0.39 is 5.60 Å². The van der Waals surface area contributed by atoms with Crippen molar-refractivity contribution in [2.75, 3.05) is 0 Å². The van der Waals surface area contributed by atoms with E-state index in [-0.39, 0.29) is 29.5 Å². The van der Waals surface area contributed by atoms with Crippen LogP contribution in [0.4, 0.5) is 0 Å². The molecule has 3 heteroatoms. The Labute approximate surface area is 115 Å². The predicted molar refractivity (Wildman–Crippen MR) is 73.5 cm³/mol. The van der Waals surface area contributed by atoms with Crippen LogP contribution in [0.25, 0.3) is 0 Å². The van der Waals surface area contributed by atoms with Gasteiger partial charge in [0.2, 0.25) is 0 Å². The van der Waals surface area contributed by atoms with Crippen molar-refractivity contribution in [3.8, 4) is 0 Å². The summed E-state index contributed by atoms with van der Waals surface area (Å²) in [5, 5.41) is 0. The maximum absolute atomic E-state index is 12.4. The predicted octanol–water partition coefficient (Wildman–Crippen LogP) is 3.14. The number of ether oxygens (including phenoxy) is 1. The van der Waals surface area contributed by atoms with Gasteiger partial charge in [-0.05, 0) is 32.1 Å². The topological polar surface area (TPSA) is 43.4 Å². The number of carbonyl (C=O) groups excluding carboxylic acids is 2. The van der Waals surface area contributed by atoms with Gasteiger partial charge in [-0.15, -0.1) is 0 Å². The lowest BCUT2D eigenvalue weighted by atomic mass is 9.85. The summed E-state index contributed by atoms with van der Waals surface area (Å²) in [5.41, 5.74) is -0.416. The molecule has 0 heterocycles. The molecule has 0 aromatic carbocycles. The van der Waals surface area contributed by atoms with Gasteiger partial charge in [0.25, 0.3) is 0 Å². The molecular formula is C16H24O3. The Bertz CT molecular complexity index is 412. The van der Waals surface area contributed by atoms with Gasteiger partial charge < -0.3 is 4.74 Å². The Morgan fingerprint density at radius 1 is 1.47 bits per heavy atom. The summed E-state index contributed by atoms with van der Waals surface area (Å²) in [6, 6.07) is 0. The number of allylic oxidation sites excluding steroid dienone is 2. The monoisotopic (exact) mass is 264 g/mol. The van der Waals surface area contributed by atoms with Gasteiger partial charge in [-0.3, -0.25) is 9.59 Å². The van der Waals surface area contributed by atoms with E-state index in [1.165, 1.54) is 0 Å². The standard InChI is InChI=1S/C16H24O3/c1-5-10(3)16(4,6-2)19-15(18)13-9-11-7-8-12(13)14(11)17/h7-8,10-13H,5-6,9H2,1-4H3. The van der Waals surface area contributed by atoms with Gasteiger partial charge in [-0.1, -0.05) is 32.9 Å². The van der Waals surface area contributed by atoms with Gasteiger partial charge in [0.15, 0.2) is 0 Å². The molecule has 0 amide bonds. The normalized spacial score (nSPS) is 33.3. The number of hydrogen-bond acceptors (Lipinski definition) is 3. The number of rotatable bonds is 5. The average Bonchev–Trinajstić information content (AvgIpc) is 2.93. The molecule has 0 aromatic heterocycles. The molecule has 2 aliphatic carbocycles. The Morgan fingerprint density at radius 3 is 2.58 bits per heavy atom. The lowest BCUT2D eigenvalue weighted by Gasteiger charge is -2.35.